The van der Waals surface area contributed by atoms with Crippen molar-refractivity contribution in [1.82, 2.24) is 9.80 Å². The van der Waals surface area contributed by atoms with E-state index in [1.807, 2.05) is 6.92 Å². The minimum absolute atomic E-state index is 0.0287. The molecule has 1 saturated carbocycles. The molecule has 2 N–H and O–H groups in total. The van der Waals surface area contributed by atoms with Gasteiger partial charge >= 0.3 is 0 Å². The summed E-state index contributed by atoms with van der Waals surface area (Å²) in [6.07, 6.45) is 4.42. The summed E-state index contributed by atoms with van der Waals surface area (Å²) < 4.78 is 0. The van der Waals surface area contributed by atoms with E-state index in [0.29, 0.717) is 6.54 Å². The Morgan fingerprint density at radius 3 is 2.47 bits per heavy atom. The lowest BCUT2D eigenvalue weighted by atomic mass is 9.83. The first kappa shape index (κ1) is 14.3. The van der Waals surface area contributed by atoms with Crippen LogP contribution in [0.3, 0.4) is 0 Å². The Kier molecular flexibility index (Phi) is 3.85. The van der Waals surface area contributed by atoms with E-state index >= 15 is 0 Å². The fraction of sp³-hybridized carbons (Fsp3) is 0.857. The predicted molar refractivity (Wildman–Crippen MR) is 73.4 cm³/mol. The lowest BCUT2D eigenvalue weighted by Crippen LogP contribution is -2.53. The van der Waals surface area contributed by atoms with E-state index < -0.39 is 5.41 Å². The normalized spacial score (nSPS) is 34.6. The molecule has 2 fully saturated rings. The van der Waals surface area contributed by atoms with Crippen LogP contribution in [-0.4, -0.2) is 54.3 Å². The molecule has 0 spiro atoms. The van der Waals surface area contributed by atoms with E-state index in [-0.39, 0.29) is 23.9 Å². The summed E-state index contributed by atoms with van der Waals surface area (Å²) in [6, 6.07) is -0.358. The van der Waals surface area contributed by atoms with Crippen molar-refractivity contribution in [3.8, 4) is 0 Å². The number of carbonyl (C=O) groups is 2. The van der Waals surface area contributed by atoms with Gasteiger partial charge in [0.15, 0.2) is 0 Å². The number of nitrogens with zero attached hydrogens (tertiary/aromatic N) is 2. The quantitative estimate of drug-likeness (QED) is 0.796. The highest BCUT2D eigenvalue weighted by Gasteiger charge is 2.48. The van der Waals surface area contributed by atoms with Gasteiger partial charge in [-0.05, 0) is 32.6 Å². The minimum atomic E-state index is -0.477. The van der Waals surface area contributed by atoms with Crippen LogP contribution in [0.1, 0.15) is 39.0 Å². The van der Waals surface area contributed by atoms with E-state index in [1.54, 1.807) is 23.9 Å². The Morgan fingerprint density at radius 1 is 1.26 bits per heavy atom. The molecule has 0 bridgehead atoms. The maximum Gasteiger partial charge on any atom is 0.244 e. The second kappa shape index (κ2) is 5.12. The van der Waals surface area contributed by atoms with Crippen molar-refractivity contribution in [1.29, 1.82) is 0 Å². The van der Waals surface area contributed by atoms with Gasteiger partial charge in [-0.1, -0.05) is 6.42 Å². The van der Waals surface area contributed by atoms with Gasteiger partial charge in [-0.2, -0.15) is 0 Å². The fourth-order valence-electron chi connectivity index (χ4n) is 3.35. The smallest absolute Gasteiger partial charge is 0.244 e. The van der Waals surface area contributed by atoms with Crippen molar-refractivity contribution >= 4 is 11.8 Å². The van der Waals surface area contributed by atoms with E-state index in [9.17, 15) is 9.59 Å². The van der Waals surface area contributed by atoms with Crippen LogP contribution < -0.4 is 5.73 Å². The van der Waals surface area contributed by atoms with Crippen LogP contribution in [0, 0.1) is 5.41 Å². The highest BCUT2D eigenvalue weighted by Crippen LogP contribution is 2.40. The minimum Gasteiger partial charge on any atom is -0.347 e. The molecule has 0 radical (unpaired) electrons. The summed E-state index contributed by atoms with van der Waals surface area (Å²) in [5.74, 6) is 0.108. The van der Waals surface area contributed by atoms with Crippen LogP contribution in [0.25, 0.3) is 0 Å². The van der Waals surface area contributed by atoms with Crippen molar-refractivity contribution in [3.05, 3.63) is 0 Å². The van der Waals surface area contributed by atoms with Gasteiger partial charge < -0.3 is 15.5 Å². The first-order valence-corrected chi connectivity index (χ1v) is 7.16. The zero-order valence-corrected chi connectivity index (χ0v) is 12.2. The number of hydrogen-bond donors (Lipinski definition) is 1. The molecule has 2 rings (SSSR count). The summed E-state index contributed by atoms with van der Waals surface area (Å²) in [4.78, 5) is 28.3. The standard InChI is InChI=1S/C14H25N3O2/c1-14(8-4-7-11(14)15)13(19)17-9-5-6-10(17)12(18)16(2)3/h10-11H,4-9,15H2,1-3H3. The van der Waals surface area contributed by atoms with E-state index in [4.69, 9.17) is 5.73 Å². The monoisotopic (exact) mass is 267 g/mol. The van der Waals surface area contributed by atoms with Gasteiger partial charge in [-0.15, -0.1) is 0 Å². The molecule has 108 valence electrons. The van der Waals surface area contributed by atoms with E-state index in [1.165, 1.54) is 0 Å². The number of likely N-dealkylation sites (N-methyl/N-ethyl adjacent to an activating group) is 1. The maximum absolute atomic E-state index is 12.8. The van der Waals surface area contributed by atoms with Gasteiger partial charge in [0.1, 0.15) is 6.04 Å². The molecule has 0 aromatic heterocycles. The van der Waals surface area contributed by atoms with Gasteiger partial charge in [0, 0.05) is 26.7 Å². The maximum atomic E-state index is 12.8. The molecule has 3 unspecified atom stereocenters. The number of amides is 2. The molecule has 0 aromatic rings. The third kappa shape index (κ3) is 2.36. The van der Waals surface area contributed by atoms with Gasteiger partial charge in [-0.3, -0.25) is 9.59 Å². The number of hydrogen-bond acceptors (Lipinski definition) is 3. The van der Waals surface area contributed by atoms with Crippen molar-refractivity contribution < 1.29 is 9.59 Å². The highest BCUT2D eigenvalue weighted by molar-refractivity contribution is 5.91. The molecule has 19 heavy (non-hydrogen) atoms. The number of rotatable bonds is 2. The first-order valence-electron chi connectivity index (χ1n) is 7.16. The van der Waals surface area contributed by atoms with Crippen LogP contribution in [0.15, 0.2) is 0 Å². The van der Waals surface area contributed by atoms with Gasteiger partial charge in [0.2, 0.25) is 11.8 Å². The lowest BCUT2D eigenvalue weighted by molar-refractivity contribution is -0.148. The molecule has 1 heterocycles. The molecule has 2 aliphatic rings. The van der Waals surface area contributed by atoms with Crippen molar-refractivity contribution in [2.45, 2.75) is 51.1 Å². The molecular formula is C14H25N3O2. The summed E-state index contributed by atoms with van der Waals surface area (Å²) >= 11 is 0. The SMILES string of the molecule is CN(C)C(=O)C1CCCN1C(=O)C1(C)CCCC1N. The summed E-state index contributed by atoms with van der Waals surface area (Å²) in [6.45, 7) is 2.65. The molecule has 5 heteroatoms. The Balaban J connectivity index is 2.16. The molecule has 3 atom stereocenters. The Labute approximate surface area is 115 Å². The molecule has 2 amide bonds. The van der Waals surface area contributed by atoms with Gasteiger partial charge in [0.05, 0.1) is 5.41 Å². The van der Waals surface area contributed by atoms with Crippen LogP contribution in [0.5, 0.6) is 0 Å². The van der Waals surface area contributed by atoms with Crippen LogP contribution in [-0.2, 0) is 9.59 Å². The molecule has 1 aliphatic heterocycles. The topological polar surface area (TPSA) is 66.6 Å². The number of nitrogens with two attached hydrogens (primary N) is 1. The Morgan fingerprint density at radius 2 is 1.95 bits per heavy atom. The average Bonchev–Trinajstić information content (AvgIpc) is 2.96. The van der Waals surface area contributed by atoms with Crippen molar-refractivity contribution in [2.24, 2.45) is 11.1 Å². The van der Waals surface area contributed by atoms with Crippen LogP contribution in [0.4, 0.5) is 0 Å². The van der Waals surface area contributed by atoms with Crippen LogP contribution in [0.2, 0.25) is 0 Å². The largest absolute Gasteiger partial charge is 0.347 e. The van der Waals surface area contributed by atoms with Gasteiger partial charge in [-0.25, -0.2) is 0 Å². The lowest BCUT2D eigenvalue weighted by Gasteiger charge is -2.35. The highest BCUT2D eigenvalue weighted by atomic mass is 16.2. The Bertz CT molecular complexity index is 383. The Hall–Kier alpha value is -1.10. The summed E-state index contributed by atoms with van der Waals surface area (Å²) in [7, 11) is 3.48. The second-order valence-electron chi connectivity index (χ2n) is 6.31. The second-order valence-corrected chi connectivity index (χ2v) is 6.31. The summed E-state index contributed by atoms with van der Waals surface area (Å²) in [5.41, 5.74) is 5.64. The molecule has 5 nitrogen and oxygen atoms in total. The van der Waals surface area contributed by atoms with Crippen molar-refractivity contribution in [2.75, 3.05) is 20.6 Å². The van der Waals surface area contributed by atoms with E-state index in [2.05, 4.69) is 0 Å². The molecule has 1 aliphatic carbocycles. The fourth-order valence-corrected chi connectivity index (χ4v) is 3.35. The van der Waals surface area contributed by atoms with Crippen molar-refractivity contribution in [3.63, 3.8) is 0 Å². The zero-order valence-electron chi connectivity index (χ0n) is 12.2. The predicted octanol–water partition coefficient (Wildman–Crippen LogP) is 0.583. The van der Waals surface area contributed by atoms with E-state index in [0.717, 1.165) is 32.1 Å². The third-order valence-corrected chi connectivity index (χ3v) is 4.76. The molecule has 1 saturated heterocycles. The number of carbonyl (C=O) groups excluding carboxylic acids is 2. The third-order valence-electron chi connectivity index (χ3n) is 4.76. The zero-order chi connectivity index (χ0) is 14.2. The van der Waals surface area contributed by atoms with Crippen LogP contribution >= 0.6 is 0 Å². The molecule has 0 aromatic carbocycles. The van der Waals surface area contributed by atoms with Gasteiger partial charge in [0.25, 0.3) is 0 Å². The molecular weight excluding hydrogens is 242 g/mol. The first-order chi connectivity index (χ1) is 8.88. The summed E-state index contributed by atoms with van der Waals surface area (Å²) in [5, 5.41) is 0. The average molecular weight is 267 g/mol. The number of likely N-dealkylation sites (tertiary alicyclic amines) is 1.